The summed E-state index contributed by atoms with van der Waals surface area (Å²) < 4.78 is 10.2. The third kappa shape index (κ3) is 2.73. The van der Waals surface area contributed by atoms with Crippen molar-refractivity contribution < 1.29 is 9.15 Å². The van der Waals surface area contributed by atoms with E-state index in [2.05, 4.69) is 10.2 Å². The summed E-state index contributed by atoms with van der Waals surface area (Å²) in [6.45, 7) is 2.43. The first-order chi connectivity index (χ1) is 7.74. The molecule has 0 aliphatic rings. The summed E-state index contributed by atoms with van der Waals surface area (Å²) in [6.07, 6.45) is 0.465. The summed E-state index contributed by atoms with van der Waals surface area (Å²) in [5.74, 6) is 0.626. The van der Waals surface area contributed by atoms with Crippen molar-refractivity contribution in [3.63, 3.8) is 0 Å². The van der Waals surface area contributed by atoms with E-state index in [9.17, 15) is 4.79 Å². The van der Waals surface area contributed by atoms with Crippen LogP contribution in [0.15, 0.2) is 33.5 Å². The number of aryl methyl sites for hydroxylation is 1. The molecule has 2 rings (SSSR count). The molecule has 1 aromatic carbocycles. The number of aromatic nitrogens is 2. The normalized spacial score (nSPS) is 10.3. The summed E-state index contributed by atoms with van der Waals surface area (Å²) in [4.78, 5) is 10.6. The van der Waals surface area contributed by atoms with Crippen molar-refractivity contribution in [3.8, 4) is 5.75 Å². The standard InChI is InChI=1S/C11H12N2O3/c1-8-3-2-4-9(7-8)15-6-5-10-12-13-11(14)16-10/h2-4,7H,5-6H2,1H3,(H,13,14). The molecule has 0 bridgehead atoms. The monoisotopic (exact) mass is 220 g/mol. The third-order valence-electron chi connectivity index (χ3n) is 2.06. The Morgan fingerprint density at radius 1 is 1.50 bits per heavy atom. The van der Waals surface area contributed by atoms with Crippen LogP contribution in [0.5, 0.6) is 5.75 Å². The molecule has 0 radical (unpaired) electrons. The van der Waals surface area contributed by atoms with E-state index in [1.165, 1.54) is 0 Å². The summed E-state index contributed by atoms with van der Waals surface area (Å²) in [5.41, 5.74) is 1.14. The Kier molecular flexibility index (Phi) is 3.05. The highest BCUT2D eigenvalue weighted by molar-refractivity contribution is 5.27. The molecule has 0 fully saturated rings. The zero-order valence-electron chi connectivity index (χ0n) is 8.90. The van der Waals surface area contributed by atoms with Crippen LogP contribution in [-0.2, 0) is 6.42 Å². The number of nitrogens with one attached hydrogen (secondary N) is 1. The van der Waals surface area contributed by atoms with Crippen molar-refractivity contribution in [2.75, 3.05) is 6.61 Å². The van der Waals surface area contributed by atoms with Crippen molar-refractivity contribution in [2.24, 2.45) is 0 Å². The van der Waals surface area contributed by atoms with Crippen LogP contribution in [0.4, 0.5) is 0 Å². The number of aromatic amines is 1. The lowest BCUT2D eigenvalue weighted by atomic mass is 10.2. The van der Waals surface area contributed by atoms with Gasteiger partial charge in [0.15, 0.2) is 0 Å². The minimum Gasteiger partial charge on any atom is -0.493 e. The molecular formula is C11H12N2O3. The van der Waals surface area contributed by atoms with Gasteiger partial charge >= 0.3 is 5.76 Å². The summed E-state index contributed by atoms with van der Waals surface area (Å²) in [7, 11) is 0. The smallest absolute Gasteiger partial charge is 0.434 e. The molecule has 0 saturated heterocycles. The van der Waals surface area contributed by atoms with Gasteiger partial charge < -0.3 is 9.15 Å². The first-order valence-electron chi connectivity index (χ1n) is 4.98. The molecule has 5 heteroatoms. The Balaban J connectivity index is 1.86. The molecule has 2 aromatic rings. The molecule has 0 aliphatic carbocycles. The maximum Gasteiger partial charge on any atom is 0.434 e. The van der Waals surface area contributed by atoms with E-state index in [0.717, 1.165) is 11.3 Å². The average Bonchev–Trinajstić information content (AvgIpc) is 2.64. The van der Waals surface area contributed by atoms with Gasteiger partial charge in [0.25, 0.3) is 0 Å². The van der Waals surface area contributed by atoms with Crippen LogP contribution in [0.3, 0.4) is 0 Å². The second-order valence-electron chi connectivity index (χ2n) is 3.42. The van der Waals surface area contributed by atoms with Crippen molar-refractivity contribution in [1.82, 2.24) is 10.2 Å². The van der Waals surface area contributed by atoms with Crippen LogP contribution in [0.1, 0.15) is 11.5 Å². The van der Waals surface area contributed by atoms with Gasteiger partial charge in [-0.05, 0) is 24.6 Å². The fraction of sp³-hybridized carbons (Fsp3) is 0.273. The van der Waals surface area contributed by atoms with E-state index >= 15 is 0 Å². The van der Waals surface area contributed by atoms with Crippen LogP contribution in [0.25, 0.3) is 0 Å². The average molecular weight is 220 g/mol. The van der Waals surface area contributed by atoms with Gasteiger partial charge in [0.1, 0.15) is 5.75 Å². The molecule has 0 unspecified atom stereocenters. The number of hydrogen-bond acceptors (Lipinski definition) is 4. The molecule has 1 N–H and O–H groups in total. The second-order valence-corrected chi connectivity index (χ2v) is 3.42. The lowest BCUT2D eigenvalue weighted by Gasteiger charge is -2.04. The van der Waals surface area contributed by atoms with E-state index in [4.69, 9.17) is 9.15 Å². The number of benzene rings is 1. The van der Waals surface area contributed by atoms with Gasteiger partial charge in [-0.2, -0.15) is 0 Å². The molecule has 0 amide bonds. The van der Waals surface area contributed by atoms with E-state index in [1.807, 2.05) is 31.2 Å². The predicted octanol–water partition coefficient (Wildman–Crippen LogP) is 1.29. The number of rotatable bonds is 4. The minimum atomic E-state index is -0.537. The number of hydrogen-bond donors (Lipinski definition) is 1. The third-order valence-corrected chi connectivity index (χ3v) is 2.06. The lowest BCUT2D eigenvalue weighted by molar-refractivity contribution is 0.304. The minimum absolute atomic E-state index is 0.359. The summed E-state index contributed by atoms with van der Waals surface area (Å²) in [5, 5.41) is 5.88. The largest absolute Gasteiger partial charge is 0.493 e. The van der Waals surface area contributed by atoms with E-state index in [-0.39, 0.29) is 0 Å². The quantitative estimate of drug-likeness (QED) is 0.843. The first kappa shape index (κ1) is 10.5. The molecule has 84 valence electrons. The highest BCUT2D eigenvalue weighted by Gasteiger charge is 2.01. The maximum absolute atomic E-state index is 10.6. The molecule has 1 aromatic heterocycles. The molecule has 0 saturated carbocycles. The first-order valence-corrected chi connectivity index (χ1v) is 4.98. The Morgan fingerprint density at radius 3 is 3.06 bits per heavy atom. The Bertz CT molecular complexity index is 516. The summed E-state index contributed by atoms with van der Waals surface area (Å²) >= 11 is 0. The summed E-state index contributed by atoms with van der Waals surface area (Å²) in [6, 6.07) is 7.76. The van der Waals surface area contributed by atoms with E-state index in [0.29, 0.717) is 18.9 Å². The molecule has 1 heterocycles. The van der Waals surface area contributed by atoms with Gasteiger partial charge in [0.05, 0.1) is 13.0 Å². The Hall–Kier alpha value is -2.04. The van der Waals surface area contributed by atoms with E-state index < -0.39 is 5.76 Å². The topological polar surface area (TPSA) is 68.1 Å². The number of H-pyrrole nitrogens is 1. The van der Waals surface area contributed by atoms with Gasteiger partial charge in [-0.1, -0.05) is 12.1 Å². The SMILES string of the molecule is Cc1cccc(OCCc2n[nH]c(=O)o2)c1. The fourth-order valence-corrected chi connectivity index (χ4v) is 1.33. The highest BCUT2D eigenvalue weighted by Crippen LogP contribution is 2.12. The van der Waals surface area contributed by atoms with E-state index in [1.54, 1.807) is 0 Å². The fourth-order valence-electron chi connectivity index (χ4n) is 1.33. The lowest BCUT2D eigenvalue weighted by Crippen LogP contribution is -2.01. The zero-order valence-corrected chi connectivity index (χ0v) is 8.90. The molecular weight excluding hydrogens is 208 g/mol. The zero-order chi connectivity index (χ0) is 11.4. The van der Waals surface area contributed by atoms with Crippen molar-refractivity contribution in [3.05, 3.63) is 46.3 Å². The van der Waals surface area contributed by atoms with Crippen molar-refractivity contribution in [2.45, 2.75) is 13.3 Å². The predicted molar refractivity (Wildman–Crippen MR) is 57.5 cm³/mol. The van der Waals surface area contributed by atoms with Gasteiger partial charge in [-0.3, -0.25) is 0 Å². The van der Waals surface area contributed by atoms with Crippen LogP contribution in [0.2, 0.25) is 0 Å². The number of nitrogens with zero attached hydrogens (tertiary/aromatic N) is 1. The van der Waals surface area contributed by atoms with Gasteiger partial charge in [0, 0.05) is 0 Å². The van der Waals surface area contributed by atoms with Gasteiger partial charge in [0.2, 0.25) is 5.89 Å². The Morgan fingerprint density at radius 2 is 2.38 bits per heavy atom. The highest BCUT2D eigenvalue weighted by atomic mass is 16.5. The molecule has 0 atom stereocenters. The van der Waals surface area contributed by atoms with Crippen LogP contribution >= 0.6 is 0 Å². The Labute approximate surface area is 92.1 Å². The molecule has 0 aliphatic heterocycles. The molecule has 16 heavy (non-hydrogen) atoms. The van der Waals surface area contributed by atoms with Crippen LogP contribution in [-0.4, -0.2) is 16.8 Å². The van der Waals surface area contributed by atoms with Gasteiger partial charge in [-0.25, -0.2) is 9.89 Å². The van der Waals surface area contributed by atoms with Crippen LogP contribution < -0.4 is 10.5 Å². The van der Waals surface area contributed by atoms with Crippen molar-refractivity contribution in [1.29, 1.82) is 0 Å². The van der Waals surface area contributed by atoms with Gasteiger partial charge in [-0.15, -0.1) is 5.10 Å². The molecule has 0 spiro atoms. The molecule has 5 nitrogen and oxygen atoms in total. The van der Waals surface area contributed by atoms with Crippen LogP contribution in [0, 0.1) is 6.92 Å². The second kappa shape index (κ2) is 4.65. The maximum atomic E-state index is 10.6. The number of ether oxygens (including phenoxy) is 1. The van der Waals surface area contributed by atoms with Crippen molar-refractivity contribution >= 4 is 0 Å².